The number of amides is 1. The minimum atomic E-state index is -1.68. The molecular formula is C8H15N3O6. The Morgan fingerprint density at radius 2 is 1.88 bits per heavy atom. The molecule has 0 saturated heterocycles. The van der Waals surface area contributed by atoms with Gasteiger partial charge in [0.2, 0.25) is 5.91 Å². The molecule has 0 heterocycles. The zero-order valence-corrected chi connectivity index (χ0v) is 9.18. The van der Waals surface area contributed by atoms with Gasteiger partial charge in [-0.2, -0.15) is 9.81 Å². The van der Waals surface area contributed by atoms with Crippen LogP contribution < -0.4 is 5.32 Å². The van der Waals surface area contributed by atoms with Crippen LogP contribution in [0.2, 0.25) is 0 Å². The van der Waals surface area contributed by atoms with Gasteiger partial charge in [0.25, 0.3) is 0 Å². The van der Waals surface area contributed by atoms with Gasteiger partial charge in [0, 0.05) is 13.5 Å². The van der Waals surface area contributed by atoms with Crippen molar-refractivity contribution in [2.45, 2.75) is 31.2 Å². The smallest absolute Gasteiger partial charge is 0.216 e. The first kappa shape index (κ1) is 15.6. The Morgan fingerprint density at radius 1 is 1.29 bits per heavy atom. The summed E-state index contributed by atoms with van der Waals surface area (Å²) >= 11 is 0. The number of carbonyl (C=O) groups is 1. The third kappa shape index (κ3) is 4.93. The van der Waals surface area contributed by atoms with E-state index in [2.05, 4.69) is 15.7 Å². The van der Waals surface area contributed by atoms with Crippen molar-refractivity contribution < 1.29 is 20.1 Å². The van der Waals surface area contributed by atoms with Gasteiger partial charge in [0.1, 0.15) is 24.3 Å². The second-order valence-corrected chi connectivity index (χ2v) is 3.45. The van der Waals surface area contributed by atoms with Crippen LogP contribution in [0.4, 0.5) is 0 Å². The second-order valence-electron chi connectivity index (χ2n) is 3.45. The van der Waals surface area contributed by atoms with Crippen LogP contribution in [-0.2, 0) is 4.79 Å². The lowest BCUT2D eigenvalue weighted by atomic mass is 10.00. The van der Waals surface area contributed by atoms with Crippen molar-refractivity contribution in [3.8, 4) is 0 Å². The SMILES string of the molecule is CC(=O)NCC(N=O)C(O)C(N=O)C(O)CO. The lowest BCUT2D eigenvalue weighted by molar-refractivity contribution is -0.119. The molecule has 0 aliphatic carbocycles. The van der Waals surface area contributed by atoms with Crippen LogP contribution in [0.25, 0.3) is 0 Å². The summed E-state index contributed by atoms with van der Waals surface area (Å²) in [6.45, 7) is 0.121. The molecule has 0 spiro atoms. The molecule has 4 unspecified atom stereocenters. The number of nitrogens with one attached hydrogen (secondary N) is 1. The average molecular weight is 249 g/mol. The Balaban J connectivity index is 4.58. The molecule has 98 valence electrons. The summed E-state index contributed by atoms with van der Waals surface area (Å²) in [6.07, 6.45) is -3.27. The summed E-state index contributed by atoms with van der Waals surface area (Å²) in [7, 11) is 0. The van der Waals surface area contributed by atoms with Crippen molar-refractivity contribution in [1.82, 2.24) is 5.32 Å². The van der Waals surface area contributed by atoms with Gasteiger partial charge in [-0.25, -0.2) is 0 Å². The standard InChI is InChI=1S/C8H15N3O6/c1-4(13)9-2-5(10-16)8(15)7(11-17)6(14)3-12/h5-8,12,14-15H,2-3H2,1H3,(H,9,13). The van der Waals surface area contributed by atoms with Crippen molar-refractivity contribution in [3.63, 3.8) is 0 Å². The topological polar surface area (TPSA) is 149 Å². The van der Waals surface area contributed by atoms with Gasteiger partial charge in [0.05, 0.1) is 6.61 Å². The first-order valence-corrected chi connectivity index (χ1v) is 4.84. The van der Waals surface area contributed by atoms with Crippen LogP contribution in [0.3, 0.4) is 0 Å². The zero-order chi connectivity index (χ0) is 13.4. The predicted molar refractivity (Wildman–Crippen MR) is 56.9 cm³/mol. The predicted octanol–water partition coefficient (Wildman–Crippen LogP) is -1.89. The molecular weight excluding hydrogens is 234 g/mol. The fourth-order valence-corrected chi connectivity index (χ4v) is 1.16. The van der Waals surface area contributed by atoms with Gasteiger partial charge < -0.3 is 20.6 Å². The van der Waals surface area contributed by atoms with E-state index < -0.39 is 36.8 Å². The van der Waals surface area contributed by atoms with Gasteiger partial charge in [-0.1, -0.05) is 10.4 Å². The zero-order valence-electron chi connectivity index (χ0n) is 9.18. The van der Waals surface area contributed by atoms with Gasteiger partial charge in [0.15, 0.2) is 0 Å². The molecule has 0 radical (unpaired) electrons. The lowest BCUT2D eigenvalue weighted by Gasteiger charge is -2.23. The number of hydrogen-bond acceptors (Lipinski definition) is 8. The molecule has 4 N–H and O–H groups in total. The highest BCUT2D eigenvalue weighted by atomic mass is 16.3. The lowest BCUT2D eigenvalue weighted by Crippen LogP contribution is -2.47. The Hall–Kier alpha value is -1.45. The Labute approximate surface area is 96.8 Å². The summed E-state index contributed by atoms with van der Waals surface area (Å²) in [5, 5.41) is 34.6. The van der Waals surface area contributed by atoms with E-state index in [0.29, 0.717) is 0 Å². The first-order chi connectivity index (χ1) is 7.97. The van der Waals surface area contributed by atoms with Crippen LogP contribution in [0.1, 0.15) is 6.92 Å². The van der Waals surface area contributed by atoms with Crippen molar-refractivity contribution >= 4 is 5.91 Å². The molecule has 1 amide bonds. The third-order valence-corrected chi connectivity index (χ3v) is 2.14. The van der Waals surface area contributed by atoms with E-state index in [1.54, 1.807) is 0 Å². The number of nitrogens with zero attached hydrogens (tertiary/aromatic N) is 2. The van der Waals surface area contributed by atoms with Crippen molar-refractivity contribution in [2.24, 2.45) is 10.4 Å². The van der Waals surface area contributed by atoms with Crippen LogP contribution in [0.15, 0.2) is 10.4 Å². The fraction of sp³-hybridized carbons (Fsp3) is 0.875. The van der Waals surface area contributed by atoms with Crippen LogP contribution >= 0.6 is 0 Å². The molecule has 9 heteroatoms. The molecule has 0 bridgehead atoms. The van der Waals surface area contributed by atoms with E-state index in [9.17, 15) is 24.8 Å². The summed E-state index contributed by atoms with van der Waals surface area (Å²) in [5.41, 5.74) is 0. The van der Waals surface area contributed by atoms with Crippen LogP contribution in [0.5, 0.6) is 0 Å². The van der Waals surface area contributed by atoms with Gasteiger partial charge in [-0.3, -0.25) is 4.79 Å². The largest absolute Gasteiger partial charge is 0.394 e. The molecule has 0 fully saturated rings. The summed E-state index contributed by atoms with van der Waals surface area (Å²) < 4.78 is 0. The van der Waals surface area contributed by atoms with Crippen molar-refractivity contribution in [2.75, 3.05) is 13.2 Å². The maximum Gasteiger partial charge on any atom is 0.216 e. The molecule has 17 heavy (non-hydrogen) atoms. The molecule has 0 aliphatic heterocycles. The number of nitroso groups, excluding NO2 is 2. The Bertz CT molecular complexity index is 274. The first-order valence-electron chi connectivity index (χ1n) is 4.84. The third-order valence-electron chi connectivity index (χ3n) is 2.14. The van der Waals surface area contributed by atoms with Crippen LogP contribution in [0, 0.1) is 9.81 Å². The maximum atomic E-state index is 10.6. The number of carbonyl (C=O) groups excluding carboxylic acids is 1. The van der Waals surface area contributed by atoms with Gasteiger partial charge in [-0.15, -0.1) is 0 Å². The highest BCUT2D eigenvalue weighted by Gasteiger charge is 2.34. The molecule has 0 saturated carbocycles. The van der Waals surface area contributed by atoms with E-state index >= 15 is 0 Å². The summed E-state index contributed by atoms with van der Waals surface area (Å²) in [4.78, 5) is 31.4. The van der Waals surface area contributed by atoms with Crippen LogP contribution in [-0.4, -0.2) is 58.7 Å². The van der Waals surface area contributed by atoms with E-state index in [1.807, 2.05) is 0 Å². The van der Waals surface area contributed by atoms with Crippen molar-refractivity contribution in [3.05, 3.63) is 9.81 Å². The molecule has 0 aromatic heterocycles. The summed E-state index contributed by atoms with van der Waals surface area (Å²) in [6, 6.07) is -2.92. The minimum Gasteiger partial charge on any atom is -0.394 e. The van der Waals surface area contributed by atoms with Crippen molar-refractivity contribution in [1.29, 1.82) is 0 Å². The molecule has 9 nitrogen and oxygen atoms in total. The van der Waals surface area contributed by atoms with Gasteiger partial charge in [-0.05, 0) is 0 Å². The number of hydrogen-bond donors (Lipinski definition) is 4. The highest BCUT2D eigenvalue weighted by Crippen LogP contribution is 2.11. The molecule has 4 atom stereocenters. The van der Waals surface area contributed by atoms with E-state index in [4.69, 9.17) is 5.11 Å². The quantitative estimate of drug-likeness (QED) is 0.369. The molecule has 0 rings (SSSR count). The normalized spacial score (nSPS) is 17.6. The van der Waals surface area contributed by atoms with E-state index in [-0.39, 0.29) is 6.54 Å². The average Bonchev–Trinajstić information content (AvgIpc) is 2.30. The Morgan fingerprint density at radius 3 is 2.24 bits per heavy atom. The summed E-state index contributed by atoms with van der Waals surface area (Å²) in [5.74, 6) is -0.441. The molecule has 0 aromatic rings. The van der Waals surface area contributed by atoms with E-state index in [1.165, 1.54) is 6.92 Å². The Kier molecular flexibility index (Phi) is 7.10. The number of rotatable bonds is 8. The van der Waals surface area contributed by atoms with E-state index in [0.717, 1.165) is 0 Å². The number of aliphatic hydroxyl groups excluding tert-OH is 3. The number of aliphatic hydroxyl groups is 3. The molecule has 0 aromatic carbocycles. The fourth-order valence-electron chi connectivity index (χ4n) is 1.16. The maximum absolute atomic E-state index is 10.6. The highest BCUT2D eigenvalue weighted by molar-refractivity contribution is 5.72. The molecule has 0 aliphatic rings. The second kappa shape index (κ2) is 7.76. The minimum absolute atomic E-state index is 0.288. The van der Waals surface area contributed by atoms with Gasteiger partial charge >= 0.3 is 0 Å². The monoisotopic (exact) mass is 249 g/mol.